The minimum Gasteiger partial charge on any atom is -0.481 e. The van der Waals surface area contributed by atoms with Crippen LogP contribution in [0.5, 0.6) is 0 Å². The van der Waals surface area contributed by atoms with Gasteiger partial charge in [-0.3, -0.25) is 4.79 Å². The fourth-order valence-electron chi connectivity index (χ4n) is 1.12. The molecule has 0 aliphatic heterocycles. The Hall–Kier alpha value is -1.58. The molecule has 0 amide bonds. The number of hydrogen-bond donors (Lipinski definition) is 2. The van der Waals surface area contributed by atoms with Crippen LogP contribution in [0, 0.1) is 5.82 Å². The van der Waals surface area contributed by atoms with Crippen LogP contribution in [0.4, 0.5) is 10.1 Å². The predicted molar refractivity (Wildman–Crippen MR) is 47.3 cm³/mol. The number of carboxylic acids is 1. The summed E-state index contributed by atoms with van der Waals surface area (Å²) in [5, 5.41) is 11.3. The second kappa shape index (κ2) is 3.89. The maximum absolute atomic E-state index is 12.7. The fraction of sp³-hybridized carbons (Fsp3) is 0.222. The Morgan fingerprint density at radius 1 is 1.62 bits per heavy atom. The molecule has 2 N–H and O–H groups in total. The average Bonchev–Trinajstić information content (AvgIpc) is 2.03. The van der Waals surface area contributed by atoms with Gasteiger partial charge in [0.1, 0.15) is 5.82 Å². The maximum atomic E-state index is 12.7. The van der Waals surface area contributed by atoms with Crippen LogP contribution in [0.15, 0.2) is 18.2 Å². The predicted octanol–water partition coefficient (Wildman–Crippen LogP) is 1.49. The molecule has 0 saturated heterocycles. The molecule has 0 aliphatic rings. The van der Waals surface area contributed by atoms with Crippen LogP contribution in [0.25, 0.3) is 0 Å². The number of benzene rings is 1. The number of aliphatic carboxylic acids is 1. The highest BCUT2D eigenvalue weighted by molar-refractivity contribution is 5.73. The van der Waals surface area contributed by atoms with E-state index in [1.165, 1.54) is 18.2 Å². The van der Waals surface area contributed by atoms with Crippen molar-refractivity contribution in [2.45, 2.75) is 6.42 Å². The van der Waals surface area contributed by atoms with Gasteiger partial charge in [0.05, 0.1) is 6.42 Å². The van der Waals surface area contributed by atoms with E-state index in [1.807, 2.05) is 0 Å². The van der Waals surface area contributed by atoms with E-state index in [9.17, 15) is 9.18 Å². The Balaban J connectivity index is 3.01. The molecule has 0 heterocycles. The molecule has 0 bridgehead atoms. The van der Waals surface area contributed by atoms with Crippen molar-refractivity contribution in [3.8, 4) is 0 Å². The first-order chi connectivity index (χ1) is 6.13. The van der Waals surface area contributed by atoms with E-state index in [2.05, 4.69) is 5.32 Å². The first-order valence-corrected chi connectivity index (χ1v) is 3.81. The minimum atomic E-state index is -0.970. The van der Waals surface area contributed by atoms with Gasteiger partial charge in [-0.1, -0.05) is 0 Å². The van der Waals surface area contributed by atoms with Crippen molar-refractivity contribution >= 4 is 11.7 Å². The Morgan fingerprint density at radius 2 is 2.31 bits per heavy atom. The first kappa shape index (κ1) is 9.51. The largest absolute Gasteiger partial charge is 0.481 e. The molecule has 0 aromatic heterocycles. The SMILES string of the molecule is CNc1ccc(F)cc1CC(=O)O. The molecule has 1 rings (SSSR count). The van der Waals surface area contributed by atoms with E-state index >= 15 is 0 Å². The van der Waals surface area contributed by atoms with Gasteiger partial charge in [-0.05, 0) is 23.8 Å². The number of halogens is 1. The van der Waals surface area contributed by atoms with Gasteiger partial charge in [0.2, 0.25) is 0 Å². The van der Waals surface area contributed by atoms with Gasteiger partial charge >= 0.3 is 5.97 Å². The number of carbonyl (C=O) groups is 1. The van der Waals surface area contributed by atoms with Crippen molar-refractivity contribution < 1.29 is 14.3 Å². The van der Waals surface area contributed by atoms with Crippen LogP contribution in [0.2, 0.25) is 0 Å². The molecule has 0 atom stereocenters. The Kier molecular flexibility index (Phi) is 2.84. The third-order valence-electron chi connectivity index (χ3n) is 1.68. The van der Waals surface area contributed by atoms with Crippen molar-refractivity contribution in [2.24, 2.45) is 0 Å². The number of hydrogen-bond acceptors (Lipinski definition) is 2. The molecule has 3 nitrogen and oxygen atoms in total. The zero-order chi connectivity index (χ0) is 9.84. The Morgan fingerprint density at radius 3 is 2.85 bits per heavy atom. The highest BCUT2D eigenvalue weighted by Crippen LogP contribution is 2.16. The molecular weight excluding hydrogens is 173 g/mol. The van der Waals surface area contributed by atoms with Gasteiger partial charge in [0.15, 0.2) is 0 Å². The topological polar surface area (TPSA) is 49.3 Å². The minimum absolute atomic E-state index is 0.173. The summed E-state index contributed by atoms with van der Waals surface area (Å²) >= 11 is 0. The molecule has 1 aromatic carbocycles. The lowest BCUT2D eigenvalue weighted by Crippen LogP contribution is -2.04. The quantitative estimate of drug-likeness (QED) is 0.746. The maximum Gasteiger partial charge on any atom is 0.307 e. The number of carboxylic acid groups (broad SMARTS) is 1. The number of anilines is 1. The summed E-state index contributed by atoms with van der Waals surface area (Å²) in [5.74, 6) is -1.39. The molecular formula is C9H10FNO2. The second-order valence-corrected chi connectivity index (χ2v) is 2.62. The van der Waals surface area contributed by atoms with E-state index in [1.54, 1.807) is 7.05 Å². The van der Waals surface area contributed by atoms with Crippen molar-refractivity contribution in [3.05, 3.63) is 29.6 Å². The highest BCUT2D eigenvalue weighted by Gasteiger charge is 2.06. The van der Waals surface area contributed by atoms with E-state index in [0.717, 1.165) is 0 Å². The van der Waals surface area contributed by atoms with Crippen LogP contribution in [-0.2, 0) is 11.2 Å². The van der Waals surface area contributed by atoms with Crippen LogP contribution < -0.4 is 5.32 Å². The van der Waals surface area contributed by atoms with Gasteiger partial charge in [-0.15, -0.1) is 0 Å². The monoisotopic (exact) mass is 183 g/mol. The average molecular weight is 183 g/mol. The summed E-state index contributed by atoms with van der Waals surface area (Å²) in [6.45, 7) is 0. The molecule has 0 unspecified atom stereocenters. The standard InChI is InChI=1S/C9H10FNO2/c1-11-8-3-2-7(10)4-6(8)5-9(12)13/h2-4,11H,5H2,1H3,(H,12,13). The van der Waals surface area contributed by atoms with Crippen LogP contribution in [-0.4, -0.2) is 18.1 Å². The summed E-state index contributed by atoms with van der Waals surface area (Å²) in [7, 11) is 1.67. The Labute approximate surface area is 75.2 Å². The van der Waals surface area contributed by atoms with E-state index < -0.39 is 11.8 Å². The van der Waals surface area contributed by atoms with Gasteiger partial charge in [-0.25, -0.2) is 4.39 Å². The van der Waals surface area contributed by atoms with Gasteiger partial charge < -0.3 is 10.4 Å². The third kappa shape index (κ3) is 2.43. The molecule has 0 aliphatic carbocycles. The molecule has 0 fully saturated rings. The third-order valence-corrected chi connectivity index (χ3v) is 1.68. The van der Waals surface area contributed by atoms with Gasteiger partial charge in [-0.2, -0.15) is 0 Å². The normalized spacial score (nSPS) is 9.69. The molecule has 13 heavy (non-hydrogen) atoms. The second-order valence-electron chi connectivity index (χ2n) is 2.62. The van der Waals surface area contributed by atoms with Crippen molar-refractivity contribution in [2.75, 3.05) is 12.4 Å². The van der Waals surface area contributed by atoms with Crippen LogP contribution in [0.1, 0.15) is 5.56 Å². The molecule has 0 radical (unpaired) electrons. The summed E-state index contributed by atoms with van der Waals surface area (Å²) < 4.78 is 12.7. The zero-order valence-electron chi connectivity index (χ0n) is 7.17. The van der Waals surface area contributed by atoms with Crippen LogP contribution in [0.3, 0.4) is 0 Å². The fourth-order valence-corrected chi connectivity index (χ4v) is 1.12. The lowest BCUT2D eigenvalue weighted by atomic mass is 10.1. The first-order valence-electron chi connectivity index (χ1n) is 3.81. The molecule has 1 aromatic rings. The molecule has 70 valence electrons. The number of rotatable bonds is 3. The van der Waals surface area contributed by atoms with Crippen LogP contribution >= 0.6 is 0 Å². The summed E-state index contributed by atoms with van der Waals surface area (Å²) in [4.78, 5) is 10.4. The highest BCUT2D eigenvalue weighted by atomic mass is 19.1. The number of nitrogens with one attached hydrogen (secondary N) is 1. The zero-order valence-corrected chi connectivity index (χ0v) is 7.17. The summed E-state index contributed by atoms with van der Waals surface area (Å²) in [6, 6.07) is 4.03. The lowest BCUT2D eigenvalue weighted by molar-refractivity contribution is -0.136. The van der Waals surface area contributed by atoms with E-state index in [4.69, 9.17) is 5.11 Å². The van der Waals surface area contributed by atoms with E-state index in [0.29, 0.717) is 11.3 Å². The summed E-state index contributed by atoms with van der Waals surface area (Å²) in [5.41, 5.74) is 1.10. The van der Waals surface area contributed by atoms with E-state index in [-0.39, 0.29) is 6.42 Å². The Bertz CT molecular complexity index is 325. The van der Waals surface area contributed by atoms with Crippen molar-refractivity contribution in [1.82, 2.24) is 0 Å². The lowest BCUT2D eigenvalue weighted by Gasteiger charge is -2.06. The van der Waals surface area contributed by atoms with Crippen molar-refractivity contribution in [1.29, 1.82) is 0 Å². The van der Waals surface area contributed by atoms with Gasteiger partial charge in [0, 0.05) is 12.7 Å². The molecule has 4 heteroatoms. The van der Waals surface area contributed by atoms with Gasteiger partial charge in [0.25, 0.3) is 0 Å². The van der Waals surface area contributed by atoms with Crippen molar-refractivity contribution in [3.63, 3.8) is 0 Å². The summed E-state index contributed by atoms with van der Waals surface area (Å²) in [6.07, 6.45) is -0.173. The molecule has 0 spiro atoms. The smallest absolute Gasteiger partial charge is 0.307 e. The molecule has 0 saturated carbocycles.